The number of para-hydroxylation sites is 1. The predicted molar refractivity (Wildman–Crippen MR) is 125 cm³/mol. The summed E-state index contributed by atoms with van der Waals surface area (Å²) in [6.07, 6.45) is 9.30. The van der Waals surface area contributed by atoms with E-state index >= 15 is 0 Å². The zero-order chi connectivity index (χ0) is 23.0. The van der Waals surface area contributed by atoms with Gasteiger partial charge < -0.3 is 20.7 Å². The van der Waals surface area contributed by atoms with E-state index in [1.54, 1.807) is 23.6 Å². The molecule has 0 bridgehead atoms. The molecule has 2 aromatic rings. The number of carbonyl (C=O) groups is 2. The molecule has 1 heterocycles. The van der Waals surface area contributed by atoms with Gasteiger partial charge in [-0.3, -0.25) is 4.79 Å². The van der Waals surface area contributed by atoms with Gasteiger partial charge in [0, 0.05) is 17.5 Å². The fourth-order valence-corrected chi connectivity index (χ4v) is 5.23. The average Bonchev–Trinajstić information content (AvgIpc) is 3.30. The lowest BCUT2D eigenvalue weighted by Crippen LogP contribution is -2.56. The zero-order valence-electron chi connectivity index (χ0n) is 18.6. The van der Waals surface area contributed by atoms with Gasteiger partial charge in [-0.2, -0.15) is 0 Å². The van der Waals surface area contributed by atoms with E-state index in [1.165, 1.54) is 23.8 Å². The molecule has 0 saturated heterocycles. The average molecular weight is 475 g/mol. The largest absolute Gasteiger partial charge is 0.483 e. The summed E-state index contributed by atoms with van der Waals surface area (Å²) in [6.45, 7) is 0.0911. The van der Waals surface area contributed by atoms with Crippen LogP contribution in [0.2, 0.25) is 0 Å². The zero-order valence-corrected chi connectivity index (χ0v) is 19.5. The number of benzene rings is 1. The van der Waals surface area contributed by atoms with Crippen molar-refractivity contribution in [1.82, 2.24) is 20.9 Å². The van der Waals surface area contributed by atoms with E-state index < -0.39 is 5.82 Å². The molecule has 3 N–H and O–H groups in total. The quantitative estimate of drug-likeness (QED) is 0.550. The van der Waals surface area contributed by atoms with Gasteiger partial charge in [-0.1, -0.05) is 44.2 Å². The Balaban J connectivity index is 1.29. The first kappa shape index (κ1) is 23.5. The van der Waals surface area contributed by atoms with Gasteiger partial charge in [0.1, 0.15) is 17.3 Å². The standard InChI is InChI=1S/C24H31FN4O3S/c25-17-10-4-7-13-21(17)32-14-22-27-20(15-33-22)23(30)28-18-11-5-6-12-19(18)29-24(31)26-16-8-2-1-3-9-16/h4,7,10,13,15-16,18-19H,1-3,5-6,8-9,11-12,14H2,(H,28,30)(H2,26,29,31). The first-order valence-corrected chi connectivity index (χ1v) is 12.7. The lowest BCUT2D eigenvalue weighted by atomic mass is 9.90. The Morgan fingerprint density at radius 2 is 1.67 bits per heavy atom. The maximum Gasteiger partial charge on any atom is 0.315 e. The highest BCUT2D eigenvalue weighted by molar-refractivity contribution is 7.09. The Morgan fingerprint density at radius 3 is 2.42 bits per heavy atom. The molecule has 2 fully saturated rings. The van der Waals surface area contributed by atoms with E-state index in [-0.39, 0.29) is 42.4 Å². The lowest BCUT2D eigenvalue weighted by molar-refractivity contribution is 0.0911. The molecule has 2 aliphatic rings. The number of rotatable bonds is 7. The van der Waals surface area contributed by atoms with Crippen molar-refractivity contribution in [3.05, 3.63) is 46.2 Å². The molecule has 0 aliphatic heterocycles. The monoisotopic (exact) mass is 474 g/mol. The first-order valence-electron chi connectivity index (χ1n) is 11.8. The van der Waals surface area contributed by atoms with E-state index in [4.69, 9.17) is 4.74 Å². The van der Waals surface area contributed by atoms with Crippen LogP contribution in [0.15, 0.2) is 29.6 Å². The lowest BCUT2D eigenvalue weighted by Gasteiger charge is -2.33. The Hall–Kier alpha value is -2.68. The van der Waals surface area contributed by atoms with Crippen molar-refractivity contribution in [2.24, 2.45) is 0 Å². The molecule has 2 saturated carbocycles. The number of urea groups is 1. The number of carbonyl (C=O) groups excluding carboxylic acids is 2. The van der Waals surface area contributed by atoms with Crippen molar-refractivity contribution < 1.29 is 18.7 Å². The van der Waals surface area contributed by atoms with Crippen molar-refractivity contribution in [3.63, 3.8) is 0 Å². The van der Waals surface area contributed by atoms with E-state index in [2.05, 4.69) is 20.9 Å². The van der Waals surface area contributed by atoms with Crippen molar-refractivity contribution in [1.29, 1.82) is 0 Å². The molecule has 2 atom stereocenters. The number of aromatic nitrogens is 1. The summed E-state index contributed by atoms with van der Waals surface area (Å²) in [5, 5.41) is 11.5. The second-order valence-electron chi connectivity index (χ2n) is 8.77. The highest BCUT2D eigenvalue weighted by Gasteiger charge is 2.29. The second-order valence-corrected chi connectivity index (χ2v) is 9.71. The molecular weight excluding hydrogens is 443 g/mol. The van der Waals surface area contributed by atoms with Crippen molar-refractivity contribution in [3.8, 4) is 5.75 Å². The van der Waals surface area contributed by atoms with Gasteiger partial charge in [0.05, 0.1) is 6.04 Å². The Bertz CT molecular complexity index is 947. The summed E-state index contributed by atoms with van der Waals surface area (Å²) < 4.78 is 19.2. The minimum absolute atomic E-state index is 0.0911. The summed E-state index contributed by atoms with van der Waals surface area (Å²) in [5.74, 6) is -0.550. The Labute approximate surface area is 197 Å². The van der Waals surface area contributed by atoms with Crippen LogP contribution in [-0.2, 0) is 6.61 Å². The summed E-state index contributed by atoms with van der Waals surface area (Å²) in [6, 6.07) is 6.04. The predicted octanol–water partition coefficient (Wildman–Crippen LogP) is 4.53. The molecule has 0 spiro atoms. The van der Waals surface area contributed by atoms with Gasteiger partial charge in [0.15, 0.2) is 11.6 Å². The number of hydrogen-bond acceptors (Lipinski definition) is 5. The van der Waals surface area contributed by atoms with Crippen LogP contribution in [0.3, 0.4) is 0 Å². The first-order chi connectivity index (χ1) is 16.1. The van der Waals surface area contributed by atoms with Gasteiger partial charge in [0.25, 0.3) is 5.91 Å². The van der Waals surface area contributed by atoms with Crippen molar-refractivity contribution in [2.45, 2.75) is 82.5 Å². The van der Waals surface area contributed by atoms with Crippen molar-refractivity contribution >= 4 is 23.3 Å². The summed E-state index contributed by atoms with van der Waals surface area (Å²) >= 11 is 1.30. The molecule has 178 valence electrons. The Kier molecular flexibility index (Phi) is 8.15. The van der Waals surface area contributed by atoms with Gasteiger partial charge in [-0.25, -0.2) is 14.2 Å². The van der Waals surface area contributed by atoms with Crippen LogP contribution >= 0.6 is 11.3 Å². The molecule has 33 heavy (non-hydrogen) atoms. The van der Waals surface area contributed by atoms with Crippen LogP contribution in [-0.4, -0.2) is 35.0 Å². The number of hydrogen-bond donors (Lipinski definition) is 3. The van der Waals surface area contributed by atoms with Crippen molar-refractivity contribution in [2.75, 3.05) is 0 Å². The second kappa shape index (κ2) is 11.4. The normalized spacial score (nSPS) is 21.2. The molecule has 9 heteroatoms. The van der Waals surface area contributed by atoms with Crippen LogP contribution < -0.4 is 20.7 Å². The van der Waals surface area contributed by atoms with Gasteiger partial charge >= 0.3 is 6.03 Å². The summed E-state index contributed by atoms with van der Waals surface area (Å²) in [5.41, 5.74) is 0.308. The molecule has 3 amide bonds. The molecule has 7 nitrogen and oxygen atoms in total. The molecule has 0 radical (unpaired) electrons. The number of amides is 3. The van der Waals surface area contributed by atoms with E-state index in [0.29, 0.717) is 10.7 Å². The Morgan fingerprint density at radius 1 is 0.970 bits per heavy atom. The van der Waals surface area contributed by atoms with E-state index in [9.17, 15) is 14.0 Å². The number of thiazole rings is 1. The maximum absolute atomic E-state index is 13.7. The number of nitrogens with zero attached hydrogens (tertiary/aromatic N) is 1. The third-order valence-corrected chi connectivity index (χ3v) is 7.13. The van der Waals surface area contributed by atoms with Crippen LogP contribution in [0.25, 0.3) is 0 Å². The fraction of sp³-hybridized carbons (Fsp3) is 0.542. The van der Waals surface area contributed by atoms with Gasteiger partial charge in [-0.05, 0) is 37.8 Å². The minimum Gasteiger partial charge on any atom is -0.483 e. The topological polar surface area (TPSA) is 92.4 Å². The molecular formula is C24H31FN4O3S. The number of ether oxygens (including phenoxy) is 1. The maximum atomic E-state index is 13.7. The highest BCUT2D eigenvalue weighted by Crippen LogP contribution is 2.22. The fourth-order valence-electron chi connectivity index (χ4n) is 4.54. The SMILES string of the molecule is O=C(NC1CCCCC1)NC1CCCCC1NC(=O)c1csc(COc2ccccc2F)n1. The number of halogens is 1. The third-order valence-electron chi connectivity index (χ3n) is 6.31. The molecule has 4 rings (SSSR count). The molecule has 2 aliphatic carbocycles. The summed E-state index contributed by atoms with van der Waals surface area (Å²) in [4.78, 5) is 29.7. The van der Waals surface area contributed by atoms with E-state index in [1.807, 2.05) is 0 Å². The van der Waals surface area contributed by atoms with E-state index in [0.717, 1.165) is 51.4 Å². The molecule has 1 aromatic carbocycles. The van der Waals surface area contributed by atoms with Gasteiger partial charge in [-0.15, -0.1) is 11.3 Å². The summed E-state index contributed by atoms with van der Waals surface area (Å²) in [7, 11) is 0. The number of nitrogens with one attached hydrogen (secondary N) is 3. The van der Waals surface area contributed by atoms with Crippen LogP contribution in [0, 0.1) is 5.82 Å². The van der Waals surface area contributed by atoms with Gasteiger partial charge in [0.2, 0.25) is 0 Å². The van der Waals surface area contributed by atoms with Crippen LogP contribution in [0.1, 0.15) is 73.3 Å². The third kappa shape index (κ3) is 6.66. The molecule has 1 aromatic heterocycles. The van der Waals surface area contributed by atoms with Crippen LogP contribution in [0.5, 0.6) is 5.75 Å². The minimum atomic E-state index is -0.435. The smallest absolute Gasteiger partial charge is 0.315 e. The molecule has 2 unspecified atom stereocenters. The highest BCUT2D eigenvalue weighted by atomic mass is 32.1. The van der Waals surface area contributed by atoms with Crippen LogP contribution in [0.4, 0.5) is 9.18 Å².